The second kappa shape index (κ2) is 6.67. The van der Waals surface area contributed by atoms with Crippen molar-refractivity contribution in [3.05, 3.63) is 29.6 Å². The molecule has 0 saturated heterocycles. The number of methoxy groups -OCH3 is 1. The Hall–Kier alpha value is -1.66. The van der Waals surface area contributed by atoms with Crippen molar-refractivity contribution >= 4 is 5.97 Å². The highest BCUT2D eigenvalue weighted by atomic mass is 19.1. The molecule has 1 rings (SSSR count). The van der Waals surface area contributed by atoms with E-state index >= 15 is 0 Å². The summed E-state index contributed by atoms with van der Waals surface area (Å²) in [5, 5.41) is 12.4. The number of aliphatic carboxylic acids is 1. The number of ether oxygens (including phenoxy) is 1. The lowest BCUT2D eigenvalue weighted by Gasteiger charge is -2.29. The summed E-state index contributed by atoms with van der Waals surface area (Å²) in [7, 11) is 5.15. The van der Waals surface area contributed by atoms with E-state index in [2.05, 4.69) is 5.32 Å². The lowest BCUT2D eigenvalue weighted by molar-refractivity contribution is -0.144. The Morgan fingerprint density at radius 2 is 2.15 bits per heavy atom. The van der Waals surface area contributed by atoms with Crippen LogP contribution in [0.3, 0.4) is 0 Å². The second-order valence-electron chi connectivity index (χ2n) is 4.98. The van der Waals surface area contributed by atoms with Crippen LogP contribution in [0.4, 0.5) is 4.39 Å². The first-order valence-electron chi connectivity index (χ1n) is 6.29. The van der Waals surface area contributed by atoms with Crippen LogP contribution in [0.15, 0.2) is 18.2 Å². The van der Waals surface area contributed by atoms with Gasteiger partial charge in [-0.1, -0.05) is 6.07 Å². The van der Waals surface area contributed by atoms with Gasteiger partial charge >= 0.3 is 5.97 Å². The summed E-state index contributed by atoms with van der Waals surface area (Å²) < 4.78 is 19.2. The normalized spacial score (nSPS) is 14.1. The highest BCUT2D eigenvalue weighted by Crippen LogP contribution is 2.32. The highest BCUT2D eigenvalue weighted by molar-refractivity contribution is 5.81. The maximum absolute atomic E-state index is 14.1. The van der Waals surface area contributed by atoms with E-state index in [1.165, 1.54) is 26.2 Å². The summed E-state index contributed by atoms with van der Waals surface area (Å²) in [6, 6.07) is 4.26. The summed E-state index contributed by atoms with van der Waals surface area (Å²) in [6.45, 7) is 2.48. The number of hydrogen-bond donors (Lipinski definition) is 2. The van der Waals surface area contributed by atoms with Crippen molar-refractivity contribution in [1.82, 2.24) is 10.2 Å². The van der Waals surface area contributed by atoms with E-state index in [-0.39, 0.29) is 11.3 Å². The number of nitrogens with one attached hydrogen (secondary N) is 1. The van der Waals surface area contributed by atoms with Crippen LogP contribution in [0.1, 0.15) is 12.5 Å². The minimum atomic E-state index is -1.55. The lowest BCUT2D eigenvalue weighted by atomic mass is 9.90. The van der Waals surface area contributed by atoms with Crippen molar-refractivity contribution in [3.63, 3.8) is 0 Å². The van der Waals surface area contributed by atoms with E-state index in [4.69, 9.17) is 4.74 Å². The molecule has 1 atom stereocenters. The highest BCUT2D eigenvalue weighted by Gasteiger charge is 2.39. The van der Waals surface area contributed by atoms with Crippen LogP contribution < -0.4 is 10.1 Å². The van der Waals surface area contributed by atoms with Crippen molar-refractivity contribution in [2.75, 3.05) is 34.3 Å². The average Bonchev–Trinajstić information content (AvgIpc) is 2.37. The van der Waals surface area contributed by atoms with Gasteiger partial charge in [0.05, 0.1) is 12.7 Å². The number of carbonyl (C=O) groups is 1. The monoisotopic (exact) mass is 284 g/mol. The van der Waals surface area contributed by atoms with Crippen LogP contribution in [-0.2, 0) is 10.3 Å². The van der Waals surface area contributed by atoms with E-state index in [1.54, 1.807) is 6.07 Å². The topological polar surface area (TPSA) is 61.8 Å². The largest absolute Gasteiger partial charge is 0.496 e. The van der Waals surface area contributed by atoms with Gasteiger partial charge < -0.3 is 14.7 Å². The van der Waals surface area contributed by atoms with Crippen LogP contribution in [-0.4, -0.2) is 50.3 Å². The molecule has 1 aromatic rings. The van der Waals surface area contributed by atoms with Crippen molar-refractivity contribution in [2.24, 2.45) is 0 Å². The molecule has 0 bridgehead atoms. The standard InChI is InChI=1S/C14H21FN2O3/c1-14(13(18)19,16-8-9-17(2)3)12-10(15)6-5-7-11(12)20-4/h5-7,16H,8-9H2,1-4H3,(H,18,19). The predicted octanol–water partition coefficient (Wildman–Crippen LogP) is 1.29. The van der Waals surface area contributed by atoms with Crippen LogP contribution in [0.5, 0.6) is 5.75 Å². The number of carboxylic acid groups (broad SMARTS) is 1. The molecule has 112 valence electrons. The Bertz CT molecular complexity index is 479. The second-order valence-corrected chi connectivity index (χ2v) is 4.98. The molecule has 20 heavy (non-hydrogen) atoms. The smallest absolute Gasteiger partial charge is 0.328 e. The Labute approximate surface area is 118 Å². The van der Waals surface area contributed by atoms with Gasteiger partial charge in [0.2, 0.25) is 0 Å². The van der Waals surface area contributed by atoms with Crippen LogP contribution >= 0.6 is 0 Å². The molecule has 0 aliphatic rings. The Balaban J connectivity index is 3.16. The molecule has 0 heterocycles. The number of hydrogen-bond acceptors (Lipinski definition) is 4. The first-order valence-corrected chi connectivity index (χ1v) is 6.29. The van der Waals surface area contributed by atoms with Gasteiger partial charge in [0, 0.05) is 13.1 Å². The third-order valence-electron chi connectivity index (χ3n) is 3.16. The molecule has 0 fully saturated rings. The molecule has 0 radical (unpaired) electrons. The molecule has 2 N–H and O–H groups in total. The van der Waals surface area contributed by atoms with E-state index in [0.717, 1.165) is 0 Å². The third-order valence-corrected chi connectivity index (χ3v) is 3.16. The maximum Gasteiger partial charge on any atom is 0.328 e. The fourth-order valence-electron chi connectivity index (χ4n) is 1.96. The molecule has 1 aromatic carbocycles. The van der Waals surface area contributed by atoms with Gasteiger partial charge in [-0.2, -0.15) is 0 Å². The molecule has 0 amide bonds. The zero-order valence-electron chi connectivity index (χ0n) is 12.2. The number of likely N-dealkylation sites (N-methyl/N-ethyl adjacent to an activating group) is 1. The SMILES string of the molecule is COc1cccc(F)c1C(C)(NCCN(C)C)C(=O)O. The van der Waals surface area contributed by atoms with E-state index in [0.29, 0.717) is 13.1 Å². The van der Waals surface area contributed by atoms with Gasteiger partial charge in [-0.05, 0) is 33.2 Å². The molecule has 0 aliphatic heterocycles. The minimum Gasteiger partial charge on any atom is -0.496 e. The quantitative estimate of drug-likeness (QED) is 0.790. The summed E-state index contributed by atoms with van der Waals surface area (Å²) in [6.07, 6.45) is 0. The van der Waals surface area contributed by atoms with Crippen molar-refractivity contribution in [1.29, 1.82) is 0 Å². The molecule has 0 aromatic heterocycles. The minimum absolute atomic E-state index is 0.00811. The Morgan fingerprint density at radius 1 is 1.50 bits per heavy atom. The van der Waals surface area contributed by atoms with E-state index < -0.39 is 17.3 Å². The Kier molecular flexibility index (Phi) is 5.47. The van der Waals surface area contributed by atoms with E-state index in [9.17, 15) is 14.3 Å². The van der Waals surface area contributed by atoms with Crippen molar-refractivity contribution < 1.29 is 19.0 Å². The molecule has 5 nitrogen and oxygen atoms in total. The van der Waals surface area contributed by atoms with Gasteiger partial charge in [0.25, 0.3) is 0 Å². The zero-order valence-corrected chi connectivity index (χ0v) is 12.2. The number of rotatable bonds is 7. The average molecular weight is 284 g/mol. The number of nitrogens with zero attached hydrogens (tertiary/aromatic N) is 1. The molecule has 6 heteroatoms. The Morgan fingerprint density at radius 3 is 2.65 bits per heavy atom. The maximum atomic E-state index is 14.1. The number of benzene rings is 1. The summed E-state index contributed by atoms with van der Waals surface area (Å²) in [4.78, 5) is 13.5. The van der Waals surface area contributed by atoms with Gasteiger partial charge in [0.15, 0.2) is 0 Å². The van der Waals surface area contributed by atoms with Crippen molar-refractivity contribution in [3.8, 4) is 5.75 Å². The molecule has 0 aliphatic carbocycles. The molecule has 0 saturated carbocycles. The van der Waals surface area contributed by atoms with Gasteiger partial charge in [-0.3, -0.25) is 5.32 Å². The first-order chi connectivity index (χ1) is 9.32. The number of carboxylic acids is 1. The number of halogens is 1. The first kappa shape index (κ1) is 16.4. The summed E-state index contributed by atoms with van der Waals surface area (Å²) in [5.74, 6) is -1.54. The molecule has 0 spiro atoms. The fourth-order valence-corrected chi connectivity index (χ4v) is 1.96. The van der Waals surface area contributed by atoms with Crippen LogP contribution in [0.2, 0.25) is 0 Å². The summed E-state index contributed by atoms with van der Waals surface area (Å²) in [5.41, 5.74) is -1.54. The summed E-state index contributed by atoms with van der Waals surface area (Å²) >= 11 is 0. The fraction of sp³-hybridized carbons (Fsp3) is 0.500. The van der Waals surface area contributed by atoms with E-state index in [1.807, 2.05) is 19.0 Å². The molecular weight excluding hydrogens is 263 g/mol. The molecule has 1 unspecified atom stereocenters. The van der Waals surface area contributed by atoms with Crippen LogP contribution in [0.25, 0.3) is 0 Å². The zero-order chi connectivity index (χ0) is 15.3. The van der Waals surface area contributed by atoms with Gasteiger partial charge in [0.1, 0.15) is 17.1 Å². The van der Waals surface area contributed by atoms with Gasteiger partial charge in [-0.25, -0.2) is 9.18 Å². The van der Waals surface area contributed by atoms with Crippen LogP contribution in [0, 0.1) is 5.82 Å². The van der Waals surface area contributed by atoms with Gasteiger partial charge in [-0.15, -0.1) is 0 Å². The lowest BCUT2D eigenvalue weighted by Crippen LogP contribution is -2.49. The molecular formula is C14H21FN2O3. The third kappa shape index (κ3) is 3.46. The van der Waals surface area contributed by atoms with Crippen molar-refractivity contribution in [2.45, 2.75) is 12.5 Å². The predicted molar refractivity (Wildman–Crippen MR) is 74.5 cm³/mol.